The normalized spacial score (nSPS) is 36.4. The SMILES string of the molecule is O=C(C1CCOCC1)N1CCOC2CCC1C2OCC1CC1. The van der Waals surface area contributed by atoms with Crippen molar-refractivity contribution in [3.05, 3.63) is 0 Å². The largest absolute Gasteiger partial charge is 0.381 e. The molecule has 5 heteroatoms. The third-order valence-electron chi connectivity index (χ3n) is 5.63. The van der Waals surface area contributed by atoms with Crippen LogP contribution in [0.4, 0.5) is 0 Å². The summed E-state index contributed by atoms with van der Waals surface area (Å²) >= 11 is 0. The summed E-state index contributed by atoms with van der Waals surface area (Å²) in [7, 11) is 0. The second kappa shape index (κ2) is 6.46. The number of nitrogens with zero attached hydrogens (tertiary/aromatic N) is 1. The van der Waals surface area contributed by atoms with Gasteiger partial charge in [0.25, 0.3) is 0 Å². The van der Waals surface area contributed by atoms with Gasteiger partial charge in [-0.2, -0.15) is 0 Å². The monoisotopic (exact) mass is 309 g/mol. The molecule has 2 saturated heterocycles. The Bertz CT molecular complexity index is 405. The lowest BCUT2D eigenvalue weighted by atomic mass is 9.97. The van der Waals surface area contributed by atoms with Gasteiger partial charge in [-0.05, 0) is 44.4 Å². The van der Waals surface area contributed by atoms with Crippen molar-refractivity contribution in [3.63, 3.8) is 0 Å². The molecule has 1 amide bonds. The van der Waals surface area contributed by atoms with Crippen LogP contribution in [-0.4, -0.2) is 62.0 Å². The maximum Gasteiger partial charge on any atom is 0.226 e. The summed E-state index contributed by atoms with van der Waals surface area (Å²) < 4.78 is 17.6. The zero-order valence-electron chi connectivity index (χ0n) is 13.2. The van der Waals surface area contributed by atoms with Crippen LogP contribution >= 0.6 is 0 Å². The smallest absolute Gasteiger partial charge is 0.226 e. The molecule has 0 aromatic rings. The molecule has 5 nitrogen and oxygen atoms in total. The molecular weight excluding hydrogens is 282 g/mol. The number of carbonyl (C=O) groups is 1. The molecule has 3 atom stereocenters. The molecule has 4 fully saturated rings. The Labute approximate surface area is 132 Å². The molecular formula is C17H27NO4. The van der Waals surface area contributed by atoms with E-state index in [1.54, 1.807) is 0 Å². The highest BCUT2D eigenvalue weighted by molar-refractivity contribution is 5.79. The Morgan fingerprint density at radius 1 is 1.05 bits per heavy atom. The van der Waals surface area contributed by atoms with E-state index in [0.717, 1.165) is 58.0 Å². The number of amides is 1. The van der Waals surface area contributed by atoms with Gasteiger partial charge in [-0.25, -0.2) is 0 Å². The molecule has 22 heavy (non-hydrogen) atoms. The molecule has 0 spiro atoms. The van der Waals surface area contributed by atoms with Gasteiger partial charge in [0, 0.05) is 32.3 Å². The second-order valence-corrected chi connectivity index (χ2v) is 7.21. The first-order valence-corrected chi connectivity index (χ1v) is 8.94. The van der Waals surface area contributed by atoms with Crippen molar-refractivity contribution in [2.75, 3.05) is 33.0 Å². The summed E-state index contributed by atoms with van der Waals surface area (Å²) in [6.45, 7) is 3.66. The first kappa shape index (κ1) is 14.9. The molecule has 3 unspecified atom stereocenters. The number of fused-ring (bicyclic) bond motifs is 2. The van der Waals surface area contributed by atoms with Crippen LogP contribution in [0.3, 0.4) is 0 Å². The van der Waals surface area contributed by atoms with Gasteiger partial charge in [0.2, 0.25) is 5.91 Å². The summed E-state index contributed by atoms with van der Waals surface area (Å²) in [5, 5.41) is 0. The zero-order chi connectivity index (χ0) is 14.9. The van der Waals surface area contributed by atoms with Crippen molar-refractivity contribution >= 4 is 5.91 Å². The maximum atomic E-state index is 12.9. The van der Waals surface area contributed by atoms with E-state index in [9.17, 15) is 4.79 Å². The molecule has 124 valence electrons. The predicted octanol–water partition coefficient (Wildman–Crippen LogP) is 1.60. The molecule has 0 N–H and O–H groups in total. The van der Waals surface area contributed by atoms with Crippen LogP contribution in [0.5, 0.6) is 0 Å². The first-order valence-electron chi connectivity index (χ1n) is 8.94. The van der Waals surface area contributed by atoms with E-state index in [-0.39, 0.29) is 24.2 Å². The van der Waals surface area contributed by atoms with Crippen molar-refractivity contribution in [1.82, 2.24) is 4.90 Å². The molecule has 2 saturated carbocycles. The van der Waals surface area contributed by atoms with Gasteiger partial charge in [-0.1, -0.05) is 0 Å². The van der Waals surface area contributed by atoms with E-state index in [0.29, 0.717) is 12.5 Å². The van der Waals surface area contributed by atoms with Crippen LogP contribution in [0.1, 0.15) is 38.5 Å². The van der Waals surface area contributed by atoms with Gasteiger partial charge in [-0.15, -0.1) is 0 Å². The van der Waals surface area contributed by atoms with Gasteiger partial charge in [0.1, 0.15) is 6.10 Å². The van der Waals surface area contributed by atoms with Gasteiger partial charge in [0.15, 0.2) is 0 Å². The standard InChI is InChI=1S/C17H27NO4/c19-17(13-5-8-20-9-6-13)18-7-10-21-15-4-3-14(18)16(15)22-11-12-1-2-12/h12-16H,1-11H2. The highest BCUT2D eigenvalue weighted by Gasteiger charge is 2.46. The minimum absolute atomic E-state index is 0.0897. The van der Waals surface area contributed by atoms with Gasteiger partial charge >= 0.3 is 0 Å². The number of ether oxygens (including phenoxy) is 3. The minimum Gasteiger partial charge on any atom is -0.381 e. The molecule has 2 aliphatic heterocycles. The Kier molecular flexibility index (Phi) is 4.38. The number of rotatable bonds is 4. The molecule has 2 aliphatic carbocycles. The van der Waals surface area contributed by atoms with E-state index >= 15 is 0 Å². The van der Waals surface area contributed by atoms with E-state index in [4.69, 9.17) is 14.2 Å². The highest BCUT2D eigenvalue weighted by Crippen LogP contribution is 2.36. The summed E-state index contributed by atoms with van der Waals surface area (Å²) in [6.07, 6.45) is 6.65. The second-order valence-electron chi connectivity index (χ2n) is 7.21. The van der Waals surface area contributed by atoms with Crippen molar-refractivity contribution < 1.29 is 19.0 Å². The Hall–Kier alpha value is -0.650. The van der Waals surface area contributed by atoms with Crippen LogP contribution in [0, 0.1) is 11.8 Å². The lowest BCUT2D eigenvalue weighted by molar-refractivity contribution is -0.143. The average Bonchev–Trinajstić information content (AvgIpc) is 3.30. The number of hydrogen-bond acceptors (Lipinski definition) is 4. The summed E-state index contributed by atoms with van der Waals surface area (Å²) in [6, 6.07) is 0.224. The third kappa shape index (κ3) is 3.03. The third-order valence-corrected chi connectivity index (χ3v) is 5.63. The zero-order valence-corrected chi connectivity index (χ0v) is 13.2. The van der Waals surface area contributed by atoms with Gasteiger partial charge in [-0.3, -0.25) is 4.79 Å². The lowest BCUT2D eigenvalue weighted by Gasteiger charge is -2.35. The average molecular weight is 309 g/mol. The van der Waals surface area contributed by atoms with Crippen molar-refractivity contribution in [2.24, 2.45) is 11.8 Å². The number of hydrogen-bond donors (Lipinski definition) is 0. The summed E-state index contributed by atoms with van der Waals surface area (Å²) in [4.78, 5) is 15.0. The van der Waals surface area contributed by atoms with E-state index in [2.05, 4.69) is 4.90 Å². The van der Waals surface area contributed by atoms with Gasteiger partial charge < -0.3 is 19.1 Å². The van der Waals surface area contributed by atoms with Crippen LogP contribution in [-0.2, 0) is 19.0 Å². The molecule has 2 heterocycles. The van der Waals surface area contributed by atoms with Crippen molar-refractivity contribution in [1.29, 1.82) is 0 Å². The van der Waals surface area contributed by atoms with Crippen LogP contribution in [0.25, 0.3) is 0 Å². The van der Waals surface area contributed by atoms with Crippen molar-refractivity contribution in [2.45, 2.75) is 56.8 Å². The Morgan fingerprint density at radius 3 is 2.64 bits per heavy atom. The molecule has 0 aromatic heterocycles. The molecule has 4 rings (SSSR count). The van der Waals surface area contributed by atoms with Crippen LogP contribution in [0.15, 0.2) is 0 Å². The highest BCUT2D eigenvalue weighted by atomic mass is 16.5. The number of carbonyl (C=O) groups excluding carboxylic acids is 1. The van der Waals surface area contributed by atoms with Gasteiger partial charge in [0.05, 0.1) is 18.8 Å². The predicted molar refractivity (Wildman–Crippen MR) is 80.5 cm³/mol. The molecule has 4 aliphatic rings. The minimum atomic E-state index is 0.0897. The quantitative estimate of drug-likeness (QED) is 0.791. The van der Waals surface area contributed by atoms with E-state index < -0.39 is 0 Å². The molecule has 2 bridgehead atoms. The summed E-state index contributed by atoms with van der Waals surface area (Å²) in [5.41, 5.74) is 0. The molecule has 0 aromatic carbocycles. The Morgan fingerprint density at radius 2 is 1.86 bits per heavy atom. The van der Waals surface area contributed by atoms with E-state index in [1.165, 1.54) is 12.8 Å². The lowest BCUT2D eigenvalue weighted by Crippen LogP contribution is -2.49. The fourth-order valence-electron chi connectivity index (χ4n) is 4.09. The topological polar surface area (TPSA) is 48.0 Å². The Balaban J connectivity index is 1.44. The summed E-state index contributed by atoms with van der Waals surface area (Å²) in [5.74, 6) is 1.19. The van der Waals surface area contributed by atoms with Crippen LogP contribution < -0.4 is 0 Å². The fourth-order valence-corrected chi connectivity index (χ4v) is 4.09. The van der Waals surface area contributed by atoms with E-state index in [1.807, 2.05) is 0 Å². The maximum absolute atomic E-state index is 12.9. The molecule has 0 radical (unpaired) electrons. The van der Waals surface area contributed by atoms with Crippen LogP contribution in [0.2, 0.25) is 0 Å². The first-order chi connectivity index (χ1) is 10.8. The van der Waals surface area contributed by atoms with Crippen molar-refractivity contribution in [3.8, 4) is 0 Å². The fraction of sp³-hybridized carbons (Fsp3) is 0.941.